The van der Waals surface area contributed by atoms with Crippen LogP contribution in [0.1, 0.15) is 39.0 Å². The van der Waals surface area contributed by atoms with Gasteiger partial charge in [-0.15, -0.1) is 0 Å². The molecule has 0 unspecified atom stereocenters. The van der Waals surface area contributed by atoms with Gasteiger partial charge in [0.05, 0.1) is 16.1 Å². The van der Waals surface area contributed by atoms with E-state index in [4.69, 9.17) is 0 Å². The summed E-state index contributed by atoms with van der Waals surface area (Å²) in [7, 11) is -3.84. The lowest BCUT2D eigenvalue weighted by Crippen LogP contribution is -2.17. The zero-order chi connectivity index (χ0) is 17.5. The average molecular weight is 345 g/mol. The quantitative estimate of drug-likeness (QED) is 0.890. The van der Waals surface area contributed by atoms with Gasteiger partial charge in [-0.1, -0.05) is 12.1 Å². The normalized spacial score (nSPS) is 13.6. The van der Waals surface area contributed by atoms with E-state index in [0.717, 1.165) is 30.4 Å². The molecule has 126 valence electrons. The van der Waals surface area contributed by atoms with Crippen molar-refractivity contribution in [3.63, 3.8) is 0 Å². The van der Waals surface area contributed by atoms with Gasteiger partial charge in [0.25, 0.3) is 10.0 Å². The predicted octanol–water partition coefficient (Wildman–Crippen LogP) is 3.29. The van der Waals surface area contributed by atoms with Gasteiger partial charge in [-0.2, -0.15) is 0 Å². The Morgan fingerprint density at radius 2 is 1.79 bits per heavy atom. The number of rotatable bonds is 4. The van der Waals surface area contributed by atoms with Gasteiger partial charge < -0.3 is 5.11 Å². The number of nitrogens with one attached hydrogen (secondary N) is 1. The van der Waals surface area contributed by atoms with E-state index in [1.54, 1.807) is 32.0 Å². The molecule has 0 heterocycles. The first-order chi connectivity index (χ1) is 11.3. The van der Waals surface area contributed by atoms with E-state index in [-0.39, 0.29) is 16.1 Å². The van der Waals surface area contributed by atoms with Crippen molar-refractivity contribution >= 4 is 21.7 Å². The summed E-state index contributed by atoms with van der Waals surface area (Å²) in [4.78, 5) is 11.6. The van der Waals surface area contributed by atoms with Crippen LogP contribution >= 0.6 is 0 Å². The number of hydrogen-bond donors (Lipinski definition) is 2. The van der Waals surface area contributed by atoms with Gasteiger partial charge in [0, 0.05) is 0 Å². The molecule has 1 aliphatic carbocycles. The number of benzene rings is 2. The number of carboxylic acids is 1. The van der Waals surface area contributed by atoms with Crippen LogP contribution in [0.25, 0.3) is 0 Å². The number of fused-ring (bicyclic) bond motifs is 1. The first-order valence-electron chi connectivity index (χ1n) is 7.77. The second kappa shape index (κ2) is 5.94. The summed E-state index contributed by atoms with van der Waals surface area (Å²) >= 11 is 0. The van der Waals surface area contributed by atoms with Crippen LogP contribution in [0.5, 0.6) is 0 Å². The maximum atomic E-state index is 12.7. The molecule has 0 saturated carbocycles. The monoisotopic (exact) mass is 345 g/mol. The summed E-state index contributed by atoms with van der Waals surface area (Å²) in [6, 6.07) is 8.34. The van der Waals surface area contributed by atoms with Crippen LogP contribution in [0, 0.1) is 13.8 Å². The van der Waals surface area contributed by atoms with Crippen molar-refractivity contribution < 1.29 is 18.3 Å². The highest BCUT2D eigenvalue weighted by Gasteiger charge is 2.22. The summed E-state index contributed by atoms with van der Waals surface area (Å²) in [5.74, 6) is -1.16. The fourth-order valence-electron chi connectivity index (χ4n) is 3.18. The second-order valence-corrected chi connectivity index (χ2v) is 7.88. The Labute approximate surface area is 141 Å². The molecule has 0 radical (unpaired) electrons. The molecule has 2 aromatic carbocycles. The van der Waals surface area contributed by atoms with Crippen molar-refractivity contribution in [1.29, 1.82) is 0 Å². The van der Waals surface area contributed by atoms with E-state index < -0.39 is 16.0 Å². The minimum atomic E-state index is -3.84. The molecule has 5 nitrogen and oxygen atoms in total. The first-order valence-corrected chi connectivity index (χ1v) is 9.25. The Bertz CT molecular complexity index is 932. The van der Waals surface area contributed by atoms with Crippen LogP contribution in [-0.2, 0) is 22.9 Å². The minimum absolute atomic E-state index is 0.0442. The van der Waals surface area contributed by atoms with E-state index in [1.807, 2.05) is 6.07 Å². The van der Waals surface area contributed by atoms with Gasteiger partial charge in [0.2, 0.25) is 0 Å². The van der Waals surface area contributed by atoms with Crippen molar-refractivity contribution in [2.24, 2.45) is 0 Å². The van der Waals surface area contributed by atoms with Crippen molar-refractivity contribution in [1.82, 2.24) is 0 Å². The minimum Gasteiger partial charge on any atom is -0.478 e. The standard InChI is InChI=1S/C18H19NO4S/c1-11-8-12(2)17(16(9-11)18(20)21)19-24(22,23)15-7-6-13-4-3-5-14(13)10-15/h6-10,19H,3-5H2,1-2H3,(H,20,21). The molecule has 2 N–H and O–H groups in total. The molecule has 2 aromatic rings. The molecule has 6 heteroatoms. The van der Waals surface area contributed by atoms with Crippen LogP contribution < -0.4 is 4.72 Å². The molecule has 3 rings (SSSR count). The van der Waals surface area contributed by atoms with Crippen LogP contribution in [0.2, 0.25) is 0 Å². The second-order valence-electron chi connectivity index (χ2n) is 6.20. The number of anilines is 1. The molecule has 0 atom stereocenters. The SMILES string of the molecule is Cc1cc(C)c(NS(=O)(=O)c2ccc3c(c2)CCC3)c(C(=O)O)c1. The van der Waals surface area contributed by atoms with Gasteiger partial charge in [-0.3, -0.25) is 4.72 Å². The molecule has 0 aromatic heterocycles. The summed E-state index contributed by atoms with van der Waals surface area (Å²) in [5.41, 5.74) is 3.66. The fourth-order valence-corrected chi connectivity index (χ4v) is 4.38. The third-order valence-electron chi connectivity index (χ3n) is 4.33. The Hall–Kier alpha value is -2.34. The molecule has 0 fully saturated rings. The van der Waals surface area contributed by atoms with Gasteiger partial charge in [-0.05, 0) is 73.6 Å². The Morgan fingerprint density at radius 1 is 1.08 bits per heavy atom. The molecule has 0 amide bonds. The highest BCUT2D eigenvalue weighted by Crippen LogP contribution is 2.28. The van der Waals surface area contributed by atoms with Gasteiger partial charge in [-0.25, -0.2) is 13.2 Å². The number of carbonyl (C=O) groups is 1. The van der Waals surface area contributed by atoms with Crippen LogP contribution in [0.3, 0.4) is 0 Å². The Balaban J connectivity index is 2.03. The van der Waals surface area contributed by atoms with Crippen molar-refractivity contribution in [2.75, 3.05) is 4.72 Å². The lowest BCUT2D eigenvalue weighted by atomic mass is 10.0. The number of aryl methyl sites for hydroxylation is 4. The topological polar surface area (TPSA) is 83.5 Å². The molecular weight excluding hydrogens is 326 g/mol. The molecule has 0 spiro atoms. The Morgan fingerprint density at radius 3 is 2.50 bits per heavy atom. The number of sulfonamides is 1. The van der Waals surface area contributed by atoms with E-state index in [2.05, 4.69) is 4.72 Å². The van der Waals surface area contributed by atoms with Gasteiger partial charge in [0.1, 0.15) is 0 Å². The number of aromatic carboxylic acids is 1. The van der Waals surface area contributed by atoms with E-state index in [1.165, 1.54) is 11.6 Å². The average Bonchev–Trinajstić information content (AvgIpc) is 2.97. The van der Waals surface area contributed by atoms with Gasteiger partial charge in [0.15, 0.2) is 0 Å². The summed E-state index contributed by atoms with van der Waals surface area (Å²) in [5, 5.41) is 9.37. The third-order valence-corrected chi connectivity index (χ3v) is 5.67. The van der Waals surface area contributed by atoms with E-state index >= 15 is 0 Å². The highest BCUT2D eigenvalue weighted by molar-refractivity contribution is 7.92. The molecule has 1 aliphatic rings. The maximum Gasteiger partial charge on any atom is 0.337 e. The molecule has 24 heavy (non-hydrogen) atoms. The van der Waals surface area contributed by atoms with Crippen molar-refractivity contribution in [3.05, 3.63) is 58.1 Å². The van der Waals surface area contributed by atoms with Crippen LogP contribution in [0.4, 0.5) is 5.69 Å². The zero-order valence-corrected chi connectivity index (χ0v) is 14.4. The molecule has 0 aliphatic heterocycles. The van der Waals surface area contributed by atoms with Crippen molar-refractivity contribution in [3.8, 4) is 0 Å². The Kier molecular flexibility index (Phi) is 4.09. The molecule has 0 saturated heterocycles. The first kappa shape index (κ1) is 16.5. The molecular formula is C18H19NO4S. The van der Waals surface area contributed by atoms with Crippen molar-refractivity contribution in [2.45, 2.75) is 38.0 Å². The molecule has 0 bridgehead atoms. The maximum absolute atomic E-state index is 12.7. The van der Waals surface area contributed by atoms with E-state index in [9.17, 15) is 18.3 Å². The third kappa shape index (κ3) is 3.01. The van der Waals surface area contributed by atoms with Crippen LogP contribution in [-0.4, -0.2) is 19.5 Å². The summed E-state index contributed by atoms with van der Waals surface area (Å²) in [6.45, 7) is 3.47. The highest BCUT2D eigenvalue weighted by atomic mass is 32.2. The van der Waals surface area contributed by atoms with Gasteiger partial charge >= 0.3 is 5.97 Å². The lowest BCUT2D eigenvalue weighted by molar-refractivity contribution is 0.0698. The fraction of sp³-hybridized carbons (Fsp3) is 0.278. The summed E-state index contributed by atoms with van der Waals surface area (Å²) in [6.07, 6.45) is 2.89. The lowest BCUT2D eigenvalue weighted by Gasteiger charge is -2.15. The summed E-state index contributed by atoms with van der Waals surface area (Å²) < 4.78 is 27.9. The number of carboxylic acid groups (broad SMARTS) is 1. The van der Waals surface area contributed by atoms with E-state index in [0.29, 0.717) is 5.56 Å². The predicted molar refractivity (Wildman–Crippen MR) is 92.2 cm³/mol. The largest absolute Gasteiger partial charge is 0.478 e. The van der Waals surface area contributed by atoms with Crippen LogP contribution in [0.15, 0.2) is 35.2 Å². The smallest absolute Gasteiger partial charge is 0.337 e. The zero-order valence-electron chi connectivity index (χ0n) is 13.6. The number of hydrogen-bond acceptors (Lipinski definition) is 3.